The largest absolute Gasteiger partial charge is 0.338 e. The Morgan fingerprint density at radius 1 is 1.48 bits per heavy atom. The number of hydrogen-bond donors (Lipinski definition) is 0. The second-order valence-corrected chi connectivity index (χ2v) is 5.89. The van der Waals surface area contributed by atoms with E-state index >= 15 is 0 Å². The van der Waals surface area contributed by atoms with Gasteiger partial charge in [-0.3, -0.25) is 14.2 Å². The van der Waals surface area contributed by atoms with E-state index in [4.69, 9.17) is 0 Å². The molecule has 0 aliphatic heterocycles. The number of amides is 1. The average molecular weight is 354 g/mol. The number of carbonyl (C=O) groups excluding carboxylic acids is 1. The number of likely N-dealkylation sites (N-methyl/N-ethyl adjacent to an activating group) is 1. The fourth-order valence-electron chi connectivity index (χ4n) is 2.32. The zero-order valence-electron chi connectivity index (χ0n) is 12.7. The molecule has 2 heterocycles. The van der Waals surface area contributed by atoms with Gasteiger partial charge in [-0.2, -0.15) is 10.2 Å². The Bertz CT molecular complexity index is 633. The number of carbonyl (C=O) groups is 1. The first-order valence-electron chi connectivity index (χ1n) is 6.91. The summed E-state index contributed by atoms with van der Waals surface area (Å²) in [7, 11) is 1.81. The van der Waals surface area contributed by atoms with Crippen LogP contribution < -0.4 is 0 Å². The van der Waals surface area contributed by atoms with Crippen molar-refractivity contribution in [3.63, 3.8) is 0 Å². The van der Waals surface area contributed by atoms with Crippen molar-refractivity contribution in [3.8, 4) is 0 Å². The highest BCUT2D eigenvalue weighted by molar-refractivity contribution is 9.10. The third-order valence-electron chi connectivity index (χ3n) is 3.59. The van der Waals surface area contributed by atoms with Crippen LogP contribution in [0.25, 0.3) is 0 Å². The number of aromatic nitrogens is 4. The maximum Gasteiger partial charge on any atom is 0.247 e. The van der Waals surface area contributed by atoms with Crippen molar-refractivity contribution in [2.24, 2.45) is 0 Å². The fraction of sp³-hybridized carbons (Fsp3) is 0.500. The summed E-state index contributed by atoms with van der Waals surface area (Å²) in [6.07, 6.45) is 3.47. The molecule has 1 atom stereocenters. The van der Waals surface area contributed by atoms with Crippen LogP contribution in [0, 0.1) is 6.92 Å². The van der Waals surface area contributed by atoms with E-state index in [1.807, 2.05) is 31.5 Å². The molecule has 0 radical (unpaired) electrons. The average Bonchev–Trinajstić information content (AvgIpc) is 3.05. The van der Waals surface area contributed by atoms with Crippen molar-refractivity contribution in [2.45, 2.75) is 39.9 Å². The maximum absolute atomic E-state index is 12.6. The van der Waals surface area contributed by atoms with Gasteiger partial charge in [0.2, 0.25) is 5.91 Å². The van der Waals surface area contributed by atoms with Gasteiger partial charge in [0, 0.05) is 19.8 Å². The Hall–Kier alpha value is -1.63. The number of rotatable bonds is 5. The molecule has 7 heteroatoms. The van der Waals surface area contributed by atoms with Crippen molar-refractivity contribution in [1.82, 2.24) is 24.5 Å². The van der Waals surface area contributed by atoms with Crippen molar-refractivity contribution in [1.29, 1.82) is 0 Å². The monoisotopic (exact) mass is 353 g/mol. The van der Waals surface area contributed by atoms with Crippen molar-refractivity contribution in [2.75, 3.05) is 7.05 Å². The van der Waals surface area contributed by atoms with Crippen molar-refractivity contribution in [3.05, 3.63) is 34.3 Å². The molecule has 21 heavy (non-hydrogen) atoms. The summed E-state index contributed by atoms with van der Waals surface area (Å²) < 4.78 is 4.54. The Morgan fingerprint density at radius 3 is 2.76 bits per heavy atom. The van der Waals surface area contributed by atoms with Gasteiger partial charge >= 0.3 is 0 Å². The topological polar surface area (TPSA) is 56.0 Å². The second kappa shape index (κ2) is 6.43. The second-order valence-electron chi connectivity index (χ2n) is 5.03. The summed E-state index contributed by atoms with van der Waals surface area (Å²) in [5, 5.41) is 8.48. The molecule has 0 saturated carbocycles. The van der Waals surface area contributed by atoms with Gasteiger partial charge in [-0.15, -0.1) is 0 Å². The summed E-state index contributed by atoms with van der Waals surface area (Å²) in [5.74, 6) is 0.0255. The number of hydrogen-bond acceptors (Lipinski definition) is 3. The zero-order chi connectivity index (χ0) is 15.6. The van der Waals surface area contributed by atoms with Gasteiger partial charge in [0.05, 0.1) is 28.6 Å². The number of nitrogens with zero attached hydrogens (tertiary/aromatic N) is 5. The predicted octanol–water partition coefficient (Wildman–Crippen LogP) is 2.39. The lowest BCUT2D eigenvalue weighted by Crippen LogP contribution is -2.34. The molecule has 6 nitrogen and oxygen atoms in total. The third-order valence-corrected chi connectivity index (χ3v) is 4.37. The standard InChI is InChI=1S/C14H20BrN5O/c1-5-19-12(6-7-16-19)9-18(4)14(21)11(3)20-10(2)13(15)8-17-20/h6-8,11H,5,9H2,1-4H3. The Balaban J connectivity index is 2.10. The Morgan fingerprint density at radius 2 is 2.19 bits per heavy atom. The van der Waals surface area contributed by atoms with Crippen molar-refractivity contribution < 1.29 is 4.79 Å². The molecular formula is C14H20BrN5O. The Kier molecular flexibility index (Phi) is 4.82. The highest BCUT2D eigenvalue weighted by atomic mass is 79.9. The van der Waals surface area contributed by atoms with Gasteiger partial charge in [0.15, 0.2) is 0 Å². The smallest absolute Gasteiger partial charge is 0.247 e. The summed E-state index contributed by atoms with van der Waals surface area (Å²) in [4.78, 5) is 14.3. The Labute approximate surface area is 132 Å². The van der Waals surface area contributed by atoms with Crippen LogP contribution in [-0.4, -0.2) is 37.4 Å². The summed E-state index contributed by atoms with van der Waals surface area (Å²) in [5.41, 5.74) is 1.97. The molecule has 114 valence electrons. The highest BCUT2D eigenvalue weighted by Crippen LogP contribution is 2.20. The van der Waals surface area contributed by atoms with E-state index in [1.54, 1.807) is 29.0 Å². The molecule has 0 aromatic carbocycles. The first-order chi connectivity index (χ1) is 9.95. The van der Waals surface area contributed by atoms with Crippen LogP contribution in [-0.2, 0) is 17.9 Å². The minimum absolute atomic E-state index is 0.0255. The summed E-state index contributed by atoms with van der Waals surface area (Å²) >= 11 is 3.42. The van der Waals surface area contributed by atoms with Gasteiger partial charge in [0.1, 0.15) is 6.04 Å². The van der Waals surface area contributed by atoms with Gasteiger partial charge in [-0.1, -0.05) is 0 Å². The van der Waals surface area contributed by atoms with Gasteiger partial charge in [-0.05, 0) is 42.8 Å². The molecule has 0 saturated heterocycles. The molecule has 1 amide bonds. The van der Waals surface area contributed by atoms with E-state index in [9.17, 15) is 4.79 Å². The molecule has 2 rings (SSSR count). The van der Waals surface area contributed by atoms with E-state index in [-0.39, 0.29) is 11.9 Å². The molecule has 1 unspecified atom stereocenters. The van der Waals surface area contributed by atoms with E-state index in [0.717, 1.165) is 22.4 Å². The lowest BCUT2D eigenvalue weighted by Gasteiger charge is -2.22. The molecular weight excluding hydrogens is 334 g/mol. The number of aryl methyl sites for hydroxylation is 1. The molecule has 0 N–H and O–H groups in total. The van der Waals surface area contributed by atoms with Crippen LogP contribution in [0.2, 0.25) is 0 Å². The van der Waals surface area contributed by atoms with Crippen LogP contribution >= 0.6 is 15.9 Å². The van der Waals surface area contributed by atoms with Gasteiger partial charge in [0.25, 0.3) is 0 Å². The quantitative estimate of drug-likeness (QED) is 0.829. The lowest BCUT2D eigenvalue weighted by molar-refractivity contribution is -0.133. The summed E-state index contributed by atoms with van der Waals surface area (Å²) in [6.45, 7) is 7.17. The predicted molar refractivity (Wildman–Crippen MR) is 83.8 cm³/mol. The number of halogens is 1. The SMILES string of the molecule is CCn1nccc1CN(C)C(=O)C(C)n1ncc(Br)c1C. The van der Waals surface area contributed by atoms with E-state index in [2.05, 4.69) is 26.1 Å². The maximum atomic E-state index is 12.6. The van der Waals surface area contributed by atoms with E-state index < -0.39 is 0 Å². The molecule has 0 aliphatic rings. The molecule has 2 aromatic heterocycles. The molecule has 0 aliphatic carbocycles. The van der Waals surface area contributed by atoms with Crippen LogP contribution in [0.15, 0.2) is 22.9 Å². The van der Waals surface area contributed by atoms with Crippen LogP contribution in [0.4, 0.5) is 0 Å². The molecule has 2 aromatic rings. The normalized spacial score (nSPS) is 12.4. The van der Waals surface area contributed by atoms with Crippen LogP contribution in [0.5, 0.6) is 0 Å². The van der Waals surface area contributed by atoms with Gasteiger partial charge < -0.3 is 4.90 Å². The minimum atomic E-state index is -0.334. The zero-order valence-corrected chi connectivity index (χ0v) is 14.3. The van der Waals surface area contributed by atoms with Gasteiger partial charge in [-0.25, -0.2) is 0 Å². The van der Waals surface area contributed by atoms with Crippen LogP contribution in [0.3, 0.4) is 0 Å². The first kappa shape index (κ1) is 15.8. The third kappa shape index (κ3) is 3.18. The summed E-state index contributed by atoms with van der Waals surface area (Å²) in [6, 6.07) is 1.60. The molecule has 0 spiro atoms. The molecule has 0 fully saturated rings. The van der Waals surface area contributed by atoms with E-state index in [0.29, 0.717) is 6.54 Å². The van der Waals surface area contributed by atoms with Crippen LogP contribution in [0.1, 0.15) is 31.3 Å². The minimum Gasteiger partial charge on any atom is -0.338 e. The lowest BCUT2D eigenvalue weighted by atomic mass is 10.2. The van der Waals surface area contributed by atoms with Crippen molar-refractivity contribution >= 4 is 21.8 Å². The van der Waals surface area contributed by atoms with E-state index in [1.165, 1.54) is 0 Å². The first-order valence-corrected chi connectivity index (χ1v) is 7.70. The fourth-order valence-corrected chi connectivity index (χ4v) is 2.59. The molecule has 0 bridgehead atoms. The highest BCUT2D eigenvalue weighted by Gasteiger charge is 2.22.